The van der Waals surface area contributed by atoms with Gasteiger partial charge in [-0.25, -0.2) is 4.79 Å². The Kier molecular flexibility index (Phi) is 5.47. The molecule has 102 valence electrons. The summed E-state index contributed by atoms with van der Waals surface area (Å²) in [5.41, 5.74) is -0.623. The molecular formula is C12H19ClN2O3. The molecule has 0 radical (unpaired) electrons. The zero-order valence-corrected chi connectivity index (χ0v) is 11.1. The molecule has 0 saturated heterocycles. The second kappa shape index (κ2) is 6.64. The van der Waals surface area contributed by atoms with Gasteiger partial charge in [0.2, 0.25) is 0 Å². The van der Waals surface area contributed by atoms with Crippen LogP contribution in [0, 0.1) is 0 Å². The fourth-order valence-electron chi connectivity index (χ4n) is 2.33. The average Bonchev–Trinajstić information content (AvgIpc) is 2.26. The van der Waals surface area contributed by atoms with Gasteiger partial charge < -0.3 is 15.7 Å². The first-order valence-corrected chi connectivity index (χ1v) is 6.42. The molecule has 2 amide bonds. The molecule has 1 fully saturated rings. The molecule has 0 aromatic rings. The predicted molar refractivity (Wildman–Crippen MR) is 69.6 cm³/mol. The Morgan fingerprint density at radius 3 is 2.39 bits per heavy atom. The van der Waals surface area contributed by atoms with Crippen LogP contribution >= 0.6 is 11.6 Å². The molecule has 0 atom stereocenters. The third kappa shape index (κ3) is 4.96. The third-order valence-electron chi connectivity index (χ3n) is 3.12. The minimum atomic E-state index is -0.890. The van der Waals surface area contributed by atoms with E-state index >= 15 is 0 Å². The molecule has 5 nitrogen and oxygen atoms in total. The molecule has 3 N–H and O–H groups in total. The quantitative estimate of drug-likeness (QED) is 0.719. The number of urea groups is 1. The fourth-order valence-corrected chi connectivity index (χ4v) is 2.39. The van der Waals surface area contributed by atoms with Crippen LogP contribution in [-0.4, -0.2) is 29.2 Å². The van der Waals surface area contributed by atoms with Gasteiger partial charge in [0.1, 0.15) is 0 Å². The summed E-state index contributed by atoms with van der Waals surface area (Å²) >= 11 is 5.55. The van der Waals surface area contributed by atoms with E-state index < -0.39 is 11.5 Å². The number of hydrogen-bond donors (Lipinski definition) is 3. The SMILES string of the molecule is C=C(Cl)CNC(=O)NC1(CC(=O)O)CCCCC1. The summed E-state index contributed by atoms with van der Waals surface area (Å²) in [6.07, 6.45) is 4.33. The van der Waals surface area contributed by atoms with Crippen LogP contribution in [-0.2, 0) is 4.79 Å². The monoisotopic (exact) mass is 274 g/mol. The smallest absolute Gasteiger partial charge is 0.315 e. The molecular weight excluding hydrogens is 256 g/mol. The van der Waals surface area contributed by atoms with Gasteiger partial charge in [0.05, 0.1) is 18.5 Å². The van der Waals surface area contributed by atoms with Crippen LogP contribution in [0.1, 0.15) is 38.5 Å². The van der Waals surface area contributed by atoms with Gasteiger partial charge in [-0.1, -0.05) is 37.4 Å². The summed E-state index contributed by atoms with van der Waals surface area (Å²) in [6, 6.07) is -0.389. The minimum absolute atomic E-state index is 0.0394. The van der Waals surface area contributed by atoms with Crippen molar-refractivity contribution in [3.05, 3.63) is 11.6 Å². The lowest BCUT2D eigenvalue weighted by Gasteiger charge is -2.36. The Bertz CT molecular complexity index is 338. The number of carbonyl (C=O) groups excluding carboxylic acids is 1. The Balaban J connectivity index is 2.57. The number of aliphatic carboxylic acids is 1. The van der Waals surface area contributed by atoms with Crippen molar-refractivity contribution < 1.29 is 14.7 Å². The van der Waals surface area contributed by atoms with Crippen LogP contribution in [0.25, 0.3) is 0 Å². The minimum Gasteiger partial charge on any atom is -0.481 e. The van der Waals surface area contributed by atoms with E-state index in [1.54, 1.807) is 0 Å². The maximum atomic E-state index is 11.7. The molecule has 0 aromatic carbocycles. The summed E-state index contributed by atoms with van der Waals surface area (Å²) in [5, 5.41) is 14.6. The predicted octanol–water partition coefficient (Wildman–Crippen LogP) is 2.22. The Labute approximate surface area is 112 Å². The highest BCUT2D eigenvalue weighted by Gasteiger charge is 2.35. The number of carboxylic acids is 1. The van der Waals surface area contributed by atoms with E-state index in [2.05, 4.69) is 17.2 Å². The fraction of sp³-hybridized carbons (Fsp3) is 0.667. The first kappa shape index (κ1) is 14.8. The second-order valence-electron chi connectivity index (χ2n) is 4.74. The largest absolute Gasteiger partial charge is 0.481 e. The average molecular weight is 275 g/mol. The van der Waals surface area contributed by atoms with Crippen molar-refractivity contribution in [3.8, 4) is 0 Å². The lowest BCUT2D eigenvalue weighted by molar-refractivity contribution is -0.139. The van der Waals surface area contributed by atoms with Crippen molar-refractivity contribution in [2.24, 2.45) is 0 Å². The van der Waals surface area contributed by atoms with Crippen LogP contribution in [0.4, 0.5) is 4.79 Å². The number of hydrogen-bond acceptors (Lipinski definition) is 2. The van der Waals surface area contributed by atoms with Crippen LogP contribution < -0.4 is 10.6 Å². The molecule has 1 aliphatic carbocycles. The maximum Gasteiger partial charge on any atom is 0.315 e. The van der Waals surface area contributed by atoms with Crippen molar-refractivity contribution in [1.29, 1.82) is 0 Å². The third-order valence-corrected chi connectivity index (χ3v) is 3.25. The van der Waals surface area contributed by atoms with E-state index in [9.17, 15) is 9.59 Å². The molecule has 0 aromatic heterocycles. The maximum absolute atomic E-state index is 11.7. The highest BCUT2D eigenvalue weighted by atomic mass is 35.5. The second-order valence-corrected chi connectivity index (χ2v) is 5.27. The molecule has 0 heterocycles. The molecule has 0 bridgehead atoms. The van der Waals surface area contributed by atoms with E-state index in [0.717, 1.165) is 19.3 Å². The summed E-state index contributed by atoms with van der Waals surface area (Å²) in [6.45, 7) is 3.65. The summed E-state index contributed by atoms with van der Waals surface area (Å²) in [4.78, 5) is 22.6. The van der Waals surface area contributed by atoms with Gasteiger partial charge in [0.15, 0.2) is 0 Å². The van der Waals surface area contributed by atoms with Crippen LogP contribution in [0.5, 0.6) is 0 Å². The Morgan fingerprint density at radius 1 is 1.28 bits per heavy atom. The normalized spacial score (nSPS) is 17.8. The lowest BCUT2D eigenvalue weighted by atomic mass is 9.79. The van der Waals surface area contributed by atoms with Crippen molar-refractivity contribution in [2.45, 2.75) is 44.1 Å². The highest BCUT2D eigenvalue weighted by molar-refractivity contribution is 6.29. The molecule has 0 spiro atoms. The van der Waals surface area contributed by atoms with Gasteiger partial charge >= 0.3 is 12.0 Å². The molecule has 1 saturated carbocycles. The summed E-state index contributed by atoms with van der Waals surface area (Å²) in [5.74, 6) is -0.890. The highest BCUT2D eigenvalue weighted by Crippen LogP contribution is 2.31. The Hall–Kier alpha value is -1.23. The number of halogens is 1. The van der Waals surface area contributed by atoms with E-state index in [-0.39, 0.29) is 19.0 Å². The topological polar surface area (TPSA) is 78.4 Å². The van der Waals surface area contributed by atoms with Gasteiger partial charge in [-0.3, -0.25) is 4.79 Å². The number of carbonyl (C=O) groups is 2. The van der Waals surface area contributed by atoms with Crippen molar-refractivity contribution >= 4 is 23.6 Å². The van der Waals surface area contributed by atoms with E-state index in [0.29, 0.717) is 17.9 Å². The van der Waals surface area contributed by atoms with Crippen LogP contribution in [0.15, 0.2) is 11.6 Å². The Morgan fingerprint density at radius 2 is 1.89 bits per heavy atom. The van der Waals surface area contributed by atoms with E-state index in [1.807, 2.05) is 0 Å². The number of carboxylic acid groups (broad SMARTS) is 1. The van der Waals surface area contributed by atoms with Gasteiger partial charge in [0.25, 0.3) is 0 Å². The first-order valence-electron chi connectivity index (χ1n) is 6.05. The zero-order valence-electron chi connectivity index (χ0n) is 10.3. The van der Waals surface area contributed by atoms with Gasteiger partial charge in [-0.15, -0.1) is 0 Å². The summed E-state index contributed by atoms with van der Waals surface area (Å²) in [7, 11) is 0. The van der Waals surface area contributed by atoms with Crippen molar-refractivity contribution in [1.82, 2.24) is 10.6 Å². The number of amides is 2. The van der Waals surface area contributed by atoms with Crippen molar-refractivity contribution in [3.63, 3.8) is 0 Å². The molecule has 1 rings (SSSR count). The number of nitrogens with one attached hydrogen (secondary N) is 2. The van der Waals surface area contributed by atoms with Crippen LogP contribution in [0.2, 0.25) is 0 Å². The molecule has 0 aliphatic heterocycles. The molecule has 1 aliphatic rings. The van der Waals surface area contributed by atoms with E-state index in [1.165, 1.54) is 0 Å². The number of rotatable bonds is 5. The molecule has 0 unspecified atom stereocenters. The van der Waals surface area contributed by atoms with Crippen LogP contribution in [0.3, 0.4) is 0 Å². The summed E-state index contributed by atoms with van der Waals surface area (Å²) < 4.78 is 0. The molecule has 6 heteroatoms. The van der Waals surface area contributed by atoms with Gasteiger partial charge in [0, 0.05) is 5.03 Å². The standard InChI is InChI=1S/C12H19ClN2O3/c1-9(13)8-14-11(18)15-12(7-10(16)17)5-3-2-4-6-12/h1-8H2,(H,16,17)(H2,14,15,18). The van der Waals surface area contributed by atoms with Gasteiger partial charge in [-0.05, 0) is 12.8 Å². The molecule has 18 heavy (non-hydrogen) atoms. The van der Waals surface area contributed by atoms with Crippen molar-refractivity contribution in [2.75, 3.05) is 6.54 Å². The van der Waals surface area contributed by atoms with E-state index in [4.69, 9.17) is 16.7 Å². The van der Waals surface area contributed by atoms with Gasteiger partial charge in [-0.2, -0.15) is 0 Å². The first-order chi connectivity index (χ1) is 8.43. The zero-order chi connectivity index (χ0) is 13.6. The lowest BCUT2D eigenvalue weighted by Crippen LogP contribution is -2.54.